The first kappa shape index (κ1) is 9.80. The van der Waals surface area contributed by atoms with Gasteiger partial charge >= 0.3 is 5.97 Å². The van der Waals surface area contributed by atoms with E-state index >= 15 is 0 Å². The Hall–Kier alpha value is -1.29. The smallest absolute Gasteiger partial charge is 0.338 e. The number of aromatic carboxylic acids is 1. The predicted molar refractivity (Wildman–Crippen MR) is 47.5 cm³/mol. The molecule has 0 saturated heterocycles. The minimum Gasteiger partial charge on any atom is -0.478 e. The summed E-state index contributed by atoms with van der Waals surface area (Å²) in [6, 6.07) is 0.999. The maximum absolute atomic E-state index is 12.9. The summed E-state index contributed by atoms with van der Waals surface area (Å²) in [5.41, 5.74) is 4.86. The lowest BCUT2D eigenvalue weighted by atomic mass is 10.1. The highest BCUT2D eigenvalue weighted by molar-refractivity contribution is 6.32. The number of benzene rings is 1. The van der Waals surface area contributed by atoms with Crippen LogP contribution >= 0.6 is 11.6 Å². The Bertz CT molecular complexity index is 353. The van der Waals surface area contributed by atoms with Gasteiger partial charge in [-0.15, -0.1) is 0 Å². The highest BCUT2D eigenvalue weighted by atomic mass is 35.5. The van der Waals surface area contributed by atoms with Crippen LogP contribution in [0.1, 0.15) is 15.9 Å². The molecule has 0 aliphatic heterocycles. The molecule has 3 nitrogen and oxygen atoms in total. The van der Waals surface area contributed by atoms with Gasteiger partial charge in [0.25, 0.3) is 0 Å². The Balaban J connectivity index is 3.56. The van der Waals surface area contributed by atoms with Crippen molar-refractivity contribution in [2.24, 2.45) is 0 Å². The van der Waals surface area contributed by atoms with Crippen molar-refractivity contribution in [3.8, 4) is 0 Å². The first-order valence-electron chi connectivity index (χ1n) is 3.42. The van der Waals surface area contributed by atoms with Gasteiger partial charge < -0.3 is 10.8 Å². The van der Waals surface area contributed by atoms with E-state index in [0.29, 0.717) is 0 Å². The molecule has 1 aromatic carbocycles. The molecular formula is C8H7ClFNO2. The molecule has 70 valence electrons. The fourth-order valence-electron chi connectivity index (χ4n) is 1.01. The summed E-state index contributed by atoms with van der Waals surface area (Å²) in [6.07, 6.45) is 0. The predicted octanol–water partition coefficient (Wildman–Crippen LogP) is 2.07. The van der Waals surface area contributed by atoms with Crippen LogP contribution in [-0.2, 0) is 0 Å². The standard InChI is InChI=1S/C8H7ClFNO2/c1-3-4(9)2-5(10)7(11)6(3)8(12)13/h2H,11H2,1H3,(H,12,13). The number of anilines is 1. The van der Waals surface area contributed by atoms with Gasteiger partial charge in [-0.3, -0.25) is 0 Å². The molecule has 0 aromatic heterocycles. The summed E-state index contributed by atoms with van der Waals surface area (Å²) in [5, 5.41) is 8.75. The summed E-state index contributed by atoms with van der Waals surface area (Å²) in [7, 11) is 0. The second-order valence-electron chi connectivity index (χ2n) is 2.56. The normalized spacial score (nSPS) is 10.1. The third-order valence-corrected chi connectivity index (χ3v) is 2.12. The third kappa shape index (κ3) is 1.58. The van der Waals surface area contributed by atoms with Crippen LogP contribution in [0.25, 0.3) is 0 Å². The molecule has 1 aromatic rings. The van der Waals surface area contributed by atoms with E-state index in [0.717, 1.165) is 6.07 Å². The lowest BCUT2D eigenvalue weighted by Gasteiger charge is -2.07. The van der Waals surface area contributed by atoms with E-state index in [1.807, 2.05) is 0 Å². The van der Waals surface area contributed by atoms with Crippen LogP contribution in [-0.4, -0.2) is 11.1 Å². The van der Waals surface area contributed by atoms with E-state index in [-0.39, 0.29) is 21.8 Å². The Morgan fingerprint density at radius 1 is 1.69 bits per heavy atom. The van der Waals surface area contributed by atoms with Crippen molar-refractivity contribution in [3.63, 3.8) is 0 Å². The molecule has 1 rings (SSSR count). The first-order chi connectivity index (χ1) is 5.95. The van der Waals surface area contributed by atoms with Crippen molar-refractivity contribution in [1.82, 2.24) is 0 Å². The number of rotatable bonds is 1. The van der Waals surface area contributed by atoms with Crippen molar-refractivity contribution >= 4 is 23.3 Å². The van der Waals surface area contributed by atoms with Crippen LogP contribution in [0.2, 0.25) is 5.02 Å². The van der Waals surface area contributed by atoms with E-state index in [2.05, 4.69) is 0 Å². The van der Waals surface area contributed by atoms with Crippen molar-refractivity contribution in [2.45, 2.75) is 6.92 Å². The summed E-state index contributed by atoms with van der Waals surface area (Å²) in [5.74, 6) is -2.09. The average molecular weight is 204 g/mol. The summed E-state index contributed by atoms with van der Waals surface area (Å²) >= 11 is 5.58. The first-order valence-corrected chi connectivity index (χ1v) is 3.80. The van der Waals surface area contributed by atoms with Crippen LogP contribution in [0.4, 0.5) is 10.1 Å². The van der Waals surface area contributed by atoms with E-state index in [1.165, 1.54) is 6.92 Å². The van der Waals surface area contributed by atoms with E-state index in [9.17, 15) is 9.18 Å². The molecule has 0 aliphatic rings. The Kier molecular flexibility index (Phi) is 2.43. The minimum atomic E-state index is -1.28. The summed E-state index contributed by atoms with van der Waals surface area (Å²) < 4.78 is 12.9. The lowest BCUT2D eigenvalue weighted by molar-refractivity contribution is 0.0697. The lowest BCUT2D eigenvalue weighted by Crippen LogP contribution is -2.07. The maximum Gasteiger partial charge on any atom is 0.338 e. The molecule has 0 heterocycles. The molecule has 0 spiro atoms. The van der Waals surface area contributed by atoms with Crippen LogP contribution in [0.3, 0.4) is 0 Å². The topological polar surface area (TPSA) is 63.3 Å². The molecule has 13 heavy (non-hydrogen) atoms. The van der Waals surface area contributed by atoms with Gasteiger partial charge in [-0.1, -0.05) is 11.6 Å². The van der Waals surface area contributed by atoms with Crippen LogP contribution in [0.15, 0.2) is 6.07 Å². The molecule has 3 N–H and O–H groups in total. The number of carboxylic acid groups (broad SMARTS) is 1. The third-order valence-electron chi connectivity index (χ3n) is 1.73. The molecule has 0 aliphatic carbocycles. The van der Waals surface area contributed by atoms with Gasteiger partial charge in [0, 0.05) is 5.02 Å². The largest absolute Gasteiger partial charge is 0.478 e. The molecule has 0 saturated carbocycles. The summed E-state index contributed by atoms with van der Waals surface area (Å²) in [4.78, 5) is 10.6. The zero-order chi connectivity index (χ0) is 10.2. The molecule has 0 unspecified atom stereocenters. The molecule has 0 atom stereocenters. The van der Waals surface area contributed by atoms with E-state index < -0.39 is 11.8 Å². The van der Waals surface area contributed by atoms with Crippen molar-refractivity contribution < 1.29 is 14.3 Å². The van der Waals surface area contributed by atoms with Gasteiger partial charge in [-0.25, -0.2) is 9.18 Å². The fraction of sp³-hybridized carbons (Fsp3) is 0.125. The monoisotopic (exact) mass is 203 g/mol. The van der Waals surface area contributed by atoms with Gasteiger partial charge in [-0.2, -0.15) is 0 Å². The van der Waals surface area contributed by atoms with Crippen LogP contribution in [0, 0.1) is 12.7 Å². The van der Waals surface area contributed by atoms with Gasteiger partial charge in [-0.05, 0) is 18.6 Å². The Morgan fingerprint density at radius 2 is 2.23 bits per heavy atom. The Labute approximate surface area is 78.9 Å². The molecule has 0 radical (unpaired) electrons. The quantitative estimate of drug-likeness (QED) is 0.687. The average Bonchev–Trinajstić information content (AvgIpc) is 2.01. The van der Waals surface area contributed by atoms with Crippen molar-refractivity contribution in [3.05, 3.63) is 28.0 Å². The van der Waals surface area contributed by atoms with Gasteiger partial charge in [0.2, 0.25) is 0 Å². The number of carbonyl (C=O) groups is 1. The van der Waals surface area contributed by atoms with Gasteiger partial charge in [0.05, 0.1) is 11.3 Å². The number of nitrogens with two attached hydrogens (primary N) is 1. The van der Waals surface area contributed by atoms with Gasteiger partial charge in [0.15, 0.2) is 0 Å². The highest BCUT2D eigenvalue weighted by Gasteiger charge is 2.17. The van der Waals surface area contributed by atoms with E-state index in [1.54, 1.807) is 0 Å². The molecule has 0 fully saturated rings. The number of halogens is 2. The number of hydrogen-bond donors (Lipinski definition) is 2. The Morgan fingerprint density at radius 3 is 2.69 bits per heavy atom. The number of carboxylic acids is 1. The number of hydrogen-bond acceptors (Lipinski definition) is 2. The van der Waals surface area contributed by atoms with Gasteiger partial charge in [0.1, 0.15) is 5.82 Å². The molecular weight excluding hydrogens is 197 g/mol. The maximum atomic E-state index is 12.9. The van der Waals surface area contributed by atoms with Crippen LogP contribution < -0.4 is 5.73 Å². The zero-order valence-corrected chi connectivity index (χ0v) is 7.52. The van der Waals surface area contributed by atoms with Crippen molar-refractivity contribution in [2.75, 3.05) is 5.73 Å². The number of nitrogen functional groups attached to an aromatic ring is 1. The molecule has 5 heteroatoms. The SMILES string of the molecule is Cc1c(Cl)cc(F)c(N)c1C(=O)O. The molecule has 0 bridgehead atoms. The fourth-order valence-corrected chi connectivity index (χ4v) is 1.20. The molecule has 0 amide bonds. The zero-order valence-electron chi connectivity index (χ0n) is 6.77. The highest BCUT2D eigenvalue weighted by Crippen LogP contribution is 2.27. The van der Waals surface area contributed by atoms with Crippen molar-refractivity contribution in [1.29, 1.82) is 0 Å². The summed E-state index contributed by atoms with van der Waals surface area (Å²) in [6.45, 7) is 1.47. The van der Waals surface area contributed by atoms with E-state index in [4.69, 9.17) is 22.4 Å². The second-order valence-corrected chi connectivity index (χ2v) is 2.97. The minimum absolute atomic E-state index is 0.0594. The second kappa shape index (κ2) is 3.22. The van der Waals surface area contributed by atoms with Crippen LogP contribution in [0.5, 0.6) is 0 Å².